The largest absolute Gasteiger partial charge is 0.367 e. The van der Waals surface area contributed by atoms with E-state index in [1.165, 1.54) is 0 Å². The summed E-state index contributed by atoms with van der Waals surface area (Å²) in [4.78, 5) is 8.75. The van der Waals surface area contributed by atoms with Gasteiger partial charge < -0.3 is 10.6 Å². The van der Waals surface area contributed by atoms with Gasteiger partial charge in [0.2, 0.25) is 5.95 Å². The van der Waals surface area contributed by atoms with Crippen LogP contribution in [0, 0.1) is 0 Å². The number of rotatable bonds is 3. The molecule has 0 aliphatic heterocycles. The molecule has 6 heteroatoms. The Morgan fingerprint density at radius 1 is 1.31 bits per heavy atom. The third-order valence-corrected chi connectivity index (χ3v) is 2.24. The standard InChI is InChI=1S/C10H16N6/c1-6(2)13-8-7-5-12-16(4)9(7)15-10(11-3)14-8/h5-6H,1-4H3,(H2,11,13,14,15). The van der Waals surface area contributed by atoms with Crippen molar-refractivity contribution in [3.05, 3.63) is 6.20 Å². The Kier molecular flexibility index (Phi) is 2.64. The van der Waals surface area contributed by atoms with Crippen molar-refractivity contribution in [3.63, 3.8) is 0 Å². The SMILES string of the molecule is CNc1nc(NC(C)C)c2cnn(C)c2n1. The van der Waals surface area contributed by atoms with Crippen LogP contribution in [0.2, 0.25) is 0 Å². The molecule has 0 aliphatic carbocycles. The maximum Gasteiger partial charge on any atom is 0.226 e. The van der Waals surface area contributed by atoms with Crippen LogP contribution in [0.5, 0.6) is 0 Å². The van der Waals surface area contributed by atoms with E-state index < -0.39 is 0 Å². The van der Waals surface area contributed by atoms with E-state index >= 15 is 0 Å². The summed E-state index contributed by atoms with van der Waals surface area (Å²) in [5.74, 6) is 1.41. The lowest BCUT2D eigenvalue weighted by atomic mass is 10.3. The predicted molar refractivity (Wildman–Crippen MR) is 64.6 cm³/mol. The zero-order valence-electron chi connectivity index (χ0n) is 9.94. The number of nitrogens with one attached hydrogen (secondary N) is 2. The number of hydrogen-bond donors (Lipinski definition) is 2. The van der Waals surface area contributed by atoms with Crippen molar-refractivity contribution >= 4 is 22.8 Å². The number of nitrogens with zero attached hydrogens (tertiary/aromatic N) is 4. The molecule has 2 N–H and O–H groups in total. The van der Waals surface area contributed by atoms with Gasteiger partial charge in [-0.05, 0) is 13.8 Å². The molecule has 0 aromatic carbocycles. The molecule has 0 radical (unpaired) electrons. The van der Waals surface area contributed by atoms with Crippen molar-refractivity contribution in [1.82, 2.24) is 19.7 Å². The minimum absolute atomic E-state index is 0.322. The summed E-state index contributed by atoms with van der Waals surface area (Å²) in [6, 6.07) is 0.322. The smallest absolute Gasteiger partial charge is 0.226 e. The molecule has 0 spiro atoms. The summed E-state index contributed by atoms with van der Waals surface area (Å²) >= 11 is 0. The molecule has 2 rings (SSSR count). The van der Waals surface area contributed by atoms with Crippen molar-refractivity contribution in [2.45, 2.75) is 19.9 Å². The second-order valence-electron chi connectivity index (χ2n) is 3.95. The molecule has 0 aliphatic rings. The normalized spacial score (nSPS) is 11.1. The molecule has 0 saturated carbocycles. The van der Waals surface area contributed by atoms with E-state index in [0.717, 1.165) is 16.9 Å². The first-order chi connectivity index (χ1) is 7.61. The molecule has 0 amide bonds. The Labute approximate surface area is 94.1 Å². The highest BCUT2D eigenvalue weighted by atomic mass is 15.3. The Balaban J connectivity index is 2.60. The summed E-state index contributed by atoms with van der Waals surface area (Å²) < 4.78 is 1.74. The highest BCUT2D eigenvalue weighted by molar-refractivity contribution is 5.87. The second kappa shape index (κ2) is 3.96. The molecule has 16 heavy (non-hydrogen) atoms. The lowest BCUT2D eigenvalue weighted by Gasteiger charge is -2.11. The molecule has 6 nitrogen and oxygen atoms in total. The van der Waals surface area contributed by atoms with Crippen molar-refractivity contribution < 1.29 is 0 Å². The van der Waals surface area contributed by atoms with Gasteiger partial charge in [-0.15, -0.1) is 0 Å². The van der Waals surface area contributed by atoms with E-state index in [2.05, 4.69) is 39.5 Å². The molecule has 86 valence electrons. The average Bonchev–Trinajstić information content (AvgIpc) is 2.60. The van der Waals surface area contributed by atoms with Crippen LogP contribution in [0.25, 0.3) is 11.0 Å². The average molecular weight is 220 g/mol. The molecule has 0 saturated heterocycles. The van der Waals surface area contributed by atoms with Gasteiger partial charge in [-0.1, -0.05) is 0 Å². The van der Waals surface area contributed by atoms with Gasteiger partial charge in [0.1, 0.15) is 5.82 Å². The summed E-state index contributed by atoms with van der Waals surface area (Å²) in [5.41, 5.74) is 0.822. The molecule has 2 aromatic rings. The number of aryl methyl sites for hydroxylation is 1. The number of aromatic nitrogens is 4. The highest BCUT2D eigenvalue weighted by Crippen LogP contribution is 2.21. The van der Waals surface area contributed by atoms with Gasteiger partial charge in [0.05, 0.1) is 11.6 Å². The van der Waals surface area contributed by atoms with Gasteiger partial charge in [0.15, 0.2) is 5.65 Å². The van der Waals surface area contributed by atoms with Crippen molar-refractivity contribution in [1.29, 1.82) is 0 Å². The fraction of sp³-hybridized carbons (Fsp3) is 0.500. The van der Waals surface area contributed by atoms with Gasteiger partial charge in [0, 0.05) is 20.1 Å². The van der Waals surface area contributed by atoms with Crippen LogP contribution in [0.15, 0.2) is 6.20 Å². The first kappa shape index (κ1) is 10.7. The summed E-state index contributed by atoms with van der Waals surface area (Å²) in [7, 11) is 3.67. The van der Waals surface area contributed by atoms with Gasteiger partial charge in [-0.25, -0.2) is 0 Å². The van der Waals surface area contributed by atoms with Crippen LogP contribution in [0.1, 0.15) is 13.8 Å². The quantitative estimate of drug-likeness (QED) is 0.814. The number of anilines is 2. The highest BCUT2D eigenvalue weighted by Gasteiger charge is 2.11. The minimum Gasteiger partial charge on any atom is -0.367 e. The van der Waals surface area contributed by atoms with Crippen LogP contribution in [0.4, 0.5) is 11.8 Å². The number of fused-ring (bicyclic) bond motifs is 1. The first-order valence-corrected chi connectivity index (χ1v) is 5.26. The fourth-order valence-corrected chi connectivity index (χ4v) is 1.52. The molecular weight excluding hydrogens is 204 g/mol. The van der Waals surface area contributed by atoms with Crippen molar-refractivity contribution in [2.24, 2.45) is 7.05 Å². The minimum atomic E-state index is 0.322. The third kappa shape index (κ3) is 1.78. The number of hydrogen-bond acceptors (Lipinski definition) is 5. The van der Waals surface area contributed by atoms with Crippen LogP contribution in [-0.2, 0) is 7.05 Å². The molecule has 0 bridgehead atoms. The molecule has 0 atom stereocenters. The van der Waals surface area contributed by atoms with E-state index in [-0.39, 0.29) is 0 Å². The Hall–Kier alpha value is -1.85. The first-order valence-electron chi connectivity index (χ1n) is 5.26. The summed E-state index contributed by atoms with van der Waals surface area (Å²) in [5, 5.41) is 11.4. The van der Waals surface area contributed by atoms with Crippen LogP contribution in [-0.4, -0.2) is 32.8 Å². The fourth-order valence-electron chi connectivity index (χ4n) is 1.52. The maximum atomic E-state index is 4.39. The van der Waals surface area contributed by atoms with Crippen molar-refractivity contribution in [3.8, 4) is 0 Å². The topological polar surface area (TPSA) is 67.7 Å². The van der Waals surface area contributed by atoms with E-state index in [9.17, 15) is 0 Å². The molecule has 2 aromatic heterocycles. The third-order valence-electron chi connectivity index (χ3n) is 2.24. The summed E-state index contributed by atoms with van der Waals surface area (Å²) in [6.45, 7) is 4.15. The van der Waals surface area contributed by atoms with E-state index in [1.54, 1.807) is 17.9 Å². The van der Waals surface area contributed by atoms with E-state index in [4.69, 9.17) is 0 Å². The summed E-state index contributed by atoms with van der Waals surface area (Å²) in [6.07, 6.45) is 1.78. The molecule has 0 fully saturated rings. The van der Waals surface area contributed by atoms with Gasteiger partial charge in [0.25, 0.3) is 0 Å². The monoisotopic (exact) mass is 220 g/mol. The van der Waals surface area contributed by atoms with Crippen LogP contribution >= 0.6 is 0 Å². The zero-order chi connectivity index (χ0) is 11.7. The maximum absolute atomic E-state index is 4.39. The van der Waals surface area contributed by atoms with Crippen LogP contribution in [0.3, 0.4) is 0 Å². The second-order valence-corrected chi connectivity index (χ2v) is 3.95. The lowest BCUT2D eigenvalue weighted by molar-refractivity contribution is 0.785. The molecular formula is C10H16N6. The Morgan fingerprint density at radius 3 is 2.69 bits per heavy atom. The van der Waals surface area contributed by atoms with Crippen molar-refractivity contribution in [2.75, 3.05) is 17.7 Å². The molecule has 2 heterocycles. The van der Waals surface area contributed by atoms with Gasteiger partial charge in [-0.3, -0.25) is 4.68 Å². The molecule has 0 unspecified atom stereocenters. The lowest BCUT2D eigenvalue weighted by Crippen LogP contribution is -2.12. The van der Waals surface area contributed by atoms with E-state index in [1.807, 2.05) is 7.05 Å². The van der Waals surface area contributed by atoms with Gasteiger partial charge >= 0.3 is 0 Å². The Bertz CT molecular complexity index is 501. The van der Waals surface area contributed by atoms with E-state index in [0.29, 0.717) is 12.0 Å². The van der Waals surface area contributed by atoms with Crippen LogP contribution < -0.4 is 10.6 Å². The predicted octanol–water partition coefficient (Wildman–Crippen LogP) is 1.23. The zero-order valence-corrected chi connectivity index (χ0v) is 9.94. The van der Waals surface area contributed by atoms with Gasteiger partial charge in [-0.2, -0.15) is 15.1 Å². The Morgan fingerprint density at radius 2 is 2.06 bits per heavy atom.